The molecule has 2 nitrogen and oxygen atoms in total. The Kier molecular flexibility index (Phi) is 3.98. The van der Waals surface area contributed by atoms with E-state index in [2.05, 4.69) is 21.2 Å². The highest BCUT2D eigenvalue weighted by atomic mass is 79.9. The van der Waals surface area contributed by atoms with Crippen molar-refractivity contribution in [3.05, 3.63) is 21.3 Å². The normalized spacial score (nSPS) is 11.4. The molecule has 1 rings (SSSR count). The number of carbonyl (C=O) groups excluding carboxylic acids is 1. The van der Waals surface area contributed by atoms with E-state index in [4.69, 9.17) is 11.6 Å². The maximum atomic E-state index is 11.7. The molecule has 0 radical (unpaired) electrons. The Morgan fingerprint density at radius 3 is 2.79 bits per heavy atom. The maximum Gasteiger partial charge on any atom is 0.263 e. The van der Waals surface area contributed by atoms with Crippen molar-refractivity contribution in [3.8, 4) is 0 Å². The zero-order valence-corrected chi connectivity index (χ0v) is 11.1. The van der Waals surface area contributed by atoms with Crippen LogP contribution in [0.15, 0.2) is 11.4 Å². The third-order valence-electron chi connectivity index (χ3n) is 1.61. The molecular formula is C9H11BrClNOS. The molecule has 0 fully saturated rings. The molecule has 1 aromatic heterocycles. The van der Waals surface area contributed by atoms with Crippen LogP contribution in [0.1, 0.15) is 23.5 Å². The molecule has 1 amide bonds. The van der Waals surface area contributed by atoms with Crippen LogP contribution >= 0.6 is 38.9 Å². The average molecular weight is 297 g/mol. The molecule has 14 heavy (non-hydrogen) atoms. The van der Waals surface area contributed by atoms with E-state index >= 15 is 0 Å². The first-order valence-electron chi connectivity index (χ1n) is 4.08. The number of thiophene rings is 1. The highest BCUT2D eigenvalue weighted by Crippen LogP contribution is 2.22. The summed E-state index contributed by atoms with van der Waals surface area (Å²) < 4.78 is 0. The van der Waals surface area contributed by atoms with E-state index in [1.165, 1.54) is 11.3 Å². The topological polar surface area (TPSA) is 29.1 Å². The van der Waals surface area contributed by atoms with Crippen LogP contribution in [0.25, 0.3) is 0 Å². The number of hydrogen-bond acceptors (Lipinski definition) is 2. The van der Waals surface area contributed by atoms with Gasteiger partial charge in [-0.05, 0) is 25.3 Å². The molecule has 0 unspecified atom stereocenters. The highest BCUT2D eigenvalue weighted by molar-refractivity contribution is 9.09. The maximum absolute atomic E-state index is 11.7. The van der Waals surface area contributed by atoms with Crippen molar-refractivity contribution in [1.82, 2.24) is 5.32 Å². The van der Waals surface area contributed by atoms with Gasteiger partial charge in [-0.2, -0.15) is 0 Å². The van der Waals surface area contributed by atoms with Crippen LogP contribution in [0.2, 0.25) is 5.02 Å². The van der Waals surface area contributed by atoms with Crippen molar-refractivity contribution < 1.29 is 4.79 Å². The average Bonchev–Trinajstić information content (AvgIpc) is 2.51. The van der Waals surface area contributed by atoms with Crippen molar-refractivity contribution in [3.63, 3.8) is 0 Å². The summed E-state index contributed by atoms with van der Waals surface area (Å²) in [5.41, 5.74) is -0.260. The standard InChI is InChI=1S/C9H11BrClNOS/c1-9(2,5-10)12-8(13)7-6(11)3-4-14-7/h3-4H,5H2,1-2H3,(H,12,13). The van der Waals surface area contributed by atoms with Crippen LogP contribution in [0, 0.1) is 0 Å². The van der Waals surface area contributed by atoms with E-state index in [1.54, 1.807) is 11.4 Å². The van der Waals surface area contributed by atoms with E-state index in [9.17, 15) is 4.79 Å². The minimum absolute atomic E-state index is 0.116. The van der Waals surface area contributed by atoms with Crippen molar-refractivity contribution in [2.75, 3.05) is 5.33 Å². The fourth-order valence-electron chi connectivity index (χ4n) is 0.853. The monoisotopic (exact) mass is 295 g/mol. The van der Waals surface area contributed by atoms with E-state index in [0.29, 0.717) is 15.2 Å². The number of nitrogens with one attached hydrogen (secondary N) is 1. The minimum Gasteiger partial charge on any atom is -0.346 e. The van der Waals surface area contributed by atoms with Crippen molar-refractivity contribution >= 4 is 44.8 Å². The van der Waals surface area contributed by atoms with Gasteiger partial charge in [0.05, 0.1) is 5.02 Å². The molecule has 0 bridgehead atoms. The van der Waals surface area contributed by atoms with Gasteiger partial charge in [-0.3, -0.25) is 4.79 Å². The third kappa shape index (κ3) is 2.97. The van der Waals surface area contributed by atoms with Crippen LogP contribution < -0.4 is 5.32 Å². The predicted octanol–water partition coefficient (Wildman–Crippen LogP) is 3.30. The van der Waals surface area contributed by atoms with Gasteiger partial charge in [-0.25, -0.2) is 0 Å². The lowest BCUT2D eigenvalue weighted by atomic mass is 10.1. The number of alkyl halides is 1. The van der Waals surface area contributed by atoms with Crippen molar-refractivity contribution in [2.24, 2.45) is 0 Å². The van der Waals surface area contributed by atoms with Gasteiger partial charge in [0.15, 0.2) is 0 Å². The number of rotatable bonds is 3. The second-order valence-corrected chi connectivity index (χ2v) is 5.45. The van der Waals surface area contributed by atoms with Crippen molar-refractivity contribution in [2.45, 2.75) is 19.4 Å². The molecule has 1 heterocycles. The molecule has 78 valence electrons. The van der Waals surface area contributed by atoms with Crippen LogP contribution in [0.3, 0.4) is 0 Å². The summed E-state index contributed by atoms with van der Waals surface area (Å²) in [5.74, 6) is -0.116. The number of hydrogen-bond donors (Lipinski definition) is 1. The second-order valence-electron chi connectivity index (χ2n) is 3.57. The van der Waals surface area contributed by atoms with Gasteiger partial charge in [0.1, 0.15) is 4.88 Å². The first kappa shape index (κ1) is 12.0. The van der Waals surface area contributed by atoms with Gasteiger partial charge in [0.2, 0.25) is 0 Å². The Morgan fingerprint density at radius 2 is 2.36 bits per heavy atom. The molecule has 0 aliphatic heterocycles. The quantitative estimate of drug-likeness (QED) is 0.852. The summed E-state index contributed by atoms with van der Waals surface area (Å²) >= 11 is 10.5. The van der Waals surface area contributed by atoms with E-state index in [-0.39, 0.29) is 11.4 Å². The van der Waals surface area contributed by atoms with Gasteiger partial charge in [0, 0.05) is 10.9 Å². The number of carbonyl (C=O) groups is 1. The van der Waals surface area contributed by atoms with Gasteiger partial charge in [-0.1, -0.05) is 27.5 Å². The summed E-state index contributed by atoms with van der Waals surface area (Å²) in [6, 6.07) is 1.72. The lowest BCUT2D eigenvalue weighted by Crippen LogP contribution is -2.44. The largest absolute Gasteiger partial charge is 0.346 e. The molecule has 0 atom stereocenters. The molecule has 1 N–H and O–H groups in total. The number of amides is 1. The Bertz CT molecular complexity index is 337. The van der Waals surface area contributed by atoms with E-state index < -0.39 is 0 Å². The predicted molar refractivity (Wildman–Crippen MR) is 64.7 cm³/mol. The first-order valence-corrected chi connectivity index (χ1v) is 6.45. The lowest BCUT2D eigenvalue weighted by Gasteiger charge is -2.23. The summed E-state index contributed by atoms with van der Waals surface area (Å²) in [6.45, 7) is 3.89. The Balaban J connectivity index is 2.73. The molecule has 0 aliphatic carbocycles. The van der Waals surface area contributed by atoms with Gasteiger partial charge >= 0.3 is 0 Å². The number of halogens is 2. The van der Waals surface area contributed by atoms with Gasteiger partial charge in [-0.15, -0.1) is 11.3 Å². The van der Waals surface area contributed by atoms with Crippen molar-refractivity contribution in [1.29, 1.82) is 0 Å². The third-order valence-corrected chi connectivity index (χ3v) is 4.35. The molecule has 0 saturated heterocycles. The summed E-state index contributed by atoms with van der Waals surface area (Å²) in [5, 5.41) is 5.91. The van der Waals surface area contributed by atoms with E-state index in [1.807, 2.05) is 13.8 Å². The highest BCUT2D eigenvalue weighted by Gasteiger charge is 2.21. The van der Waals surface area contributed by atoms with Crippen LogP contribution in [-0.4, -0.2) is 16.8 Å². The Hall–Kier alpha value is -0.0600. The summed E-state index contributed by atoms with van der Waals surface area (Å²) in [4.78, 5) is 12.3. The van der Waals surface area contributed by atoms with E-state index in [0.717, 1.165) is 0 Å². The Morgan fingerprint density at radius 1 is 1.71 bits per heavy atom. The second kappa shape index (κ2) is 4.64. The summed E-state index contributed by atoms with van der Waals surface area (Å²) in [7, 11) is 0. The minimum atomic E-state index is -0.260. The fraction of sp³-hybridized carbons (Fsp3) is 0.444. The first-order chi connectivity index (χ1) is 6.46. The van der Waals surface area contributed by atoms with Crippen LogP contribution in [0.5, 0.6) is 0 Å². The van der Waals surface area contributed by atoms with Gasteiger partial charge in [0.25, 0.3) is 5.91 Å². The van der Waals surface area contributed by atoms with Crippen LogP contribution in [-0.2, 0) is 0 Å². The SMILES string of the molecule is CC(C)(CBr)NC(=O)c1sccc1Cl. The molecule has 0 aliphatic rings. The molecule has 0 saturated carbocycles. The molecule has 0 aromatic carbocycles. The lowest BCUT2D eigenvalue weighted by molar-refractivity contribution is 0.0925. The fourth-order valence-corrected chi connectivity index (χ4v) is 2.03. The molecule has 5 heteroatoms. The van der Waals surface area contributed by atoms with Crippen LogP contribution in [0.4, 0.5) is 0 Å². The van der Waals surface area contributed by atoms with Gasteiger partial charge < -0.3 is 5.32 Å². The zero-order valence-electron chi connectivity index (χ0n) is 7.93. The molecular weight excluding hydrogens is 286 g/mol. The molecule has 1 aromatic rings. The molecule has 0 spiro atoms. The summed E-state index contributed by atoms with van der Waals surface area (Å²) in [6.07, 6.45) is 0. The smallest absolute Gasteiger partial charge is 0.263 e. The Labute approximate surface area is 101 Å². The zero-order chi connectivity index (χ0) is 10.8.